The molecule has 0 rings (SSSR count). The fourth-order valence-electron chi connectivity index (χ4n) is 3.21. The number of hydrogen-bond acceptors (Lipinski definition) is 3. The lowest BCUT2D eigenvalue weighted by Gasteiger charge is -2.16. The Balaban J connectivity index is 3.41. The van der Waals surface area contributed by atoms with Crippen LogP contribution in [0.2, 0.25) is 0 Å². The second-order valence-electron chi connectivity index (χ2n) is 7.31. The molecular weight excluding hydrogens is 300 g/mol. The summed E-state index contributed by atoms with van der Waals surface area (Å²) in [6.45, 7) is 6.84. The highest BCUT2D eigenvalue weighted by Gasteiger charge is 2.10. The second kappa shape index (κ2) is 17.3. The molecule has 0 aromatic carbocycles. The Morgan fingerprint density at radius 2 is 1.46 bits per heavy atom. The Morgan fingerprint density at radius 1 is 0.875 bits per heavy atom. The lowest BCUT2D eigenvalue weighted by atomic mass is 9.94. The highest BCUT2D eigenvalue weighted by atomic mass is 16.5. The molecular formula is C21H42O3. The number of aliphatic hydroxyl groups excluding tert-OH is 1. The van der Waals surface area contributed by atoms with Gasteiger partial charge in [-0.2, -0.15) is 0 Å². The van der Waals surface area contributed by atoms with E-state index in [0.29, 0.717) is 18.9 Å². The van der Waals surface area contributed by atoms with Gasteiger partial charge in [0.1, 0.15) is 0 Å². The van der Waals surface area contributed by atoms with Crippen LogP contribution in [-0.2, 0) is 9.53 Å². The van der Waals surface area contributed by atoms with Crippen LogP contribution in [-0.4, -0.2) is 23.8 Å². The van der Waals surface area contributed by atoms with Gasteiger partial charge >= 0.3 is 5.97 Å². The fraction of sp³-hybridized carbons (Fsp3) is 0.952. The fourth-order valence-corrected chi connectivity index (χ4v) is 3.21. The minimum absolute atomic E-state index is 0.0824. The van der Waals surface area contributed by atoms with Crippen molar-refractivity contribution in [3.63, 3.8) is 0 Å². The number of unbranched alkanes of at least 4 members (excludes halogenated alkanes) is 8. The van der Waals surface area contributed by atoms with Crippen molar-refractivity contribution >= 4 is 5.97 Å². The van der Waals surface area contributed by atoms with Crippen LogP contribution < -0.4 is 0 Å². The van der Waals surface area contributed by atoms with Crippen LogP contribution in [0.15, 0.2) is 0 Å². The molecule has 0 aliphatic carbocycles. The maximum Gasteiger partial charge on any atom is 0.305 e. The molecule has 3 heteroatoms. The third-order valence-corrected chi connectivity index (χ3v) is 4.70. The topological polar surface area (TPSA) is 46.5 Å². The highest BCUT2D eigenvalue weighted by Crippen LogP contribution is 2.19. The lowest BCUT2D eigenvalue weighted by Crippen LogP contribution is -2.11. The Kier molecular flexibility index (Phi) is 16.8. The van der Waals surface area contributed by atoms with E-state index >= 15 is 0 Å². The van der Waals surface area contributed by atoms with Gasteiger partial charge in [-0.15, -0.1) is 0 Å². The van der Waals surface area contributed by atoms with Crippen LogP contribution in [0.5, 0.6) is 0 Å². The van der Waals surface area contributed by atoms with E-state index in [4.69, 9.17) is 4.74 Å². The van der Waals surface area contributed by atoms with Crippen molar-refractivity contribution in [2.75, 3.05) is 6.61 Å². The van der Waals surface area contributed by atoms with Gasteiger partial charge in [0.15, 0.2) is 0 Å². The predicted molar refractivity (Wildman–Crippen MR) is 102 cm³/mol. The normalized spacial score (nSPS) is 13.7. The van der Waals surface area contributed by atoms with Gasteiger partial charge in [-0.05, 0) is 32.1 Å². The Bertz CT molecular complexity index is 278. The average Bonchev–Trinajstić information content (AvgIpc) is 2.54. The SMILES string of the molecule is CCCCCCCCC(C)CC(O)CCCCCCC(=O)OCC. The number of rotatable bonds is 17. The molecule has 0 amide bonds. The molecule has 0 aliphatic heterocycles. The van der Waals surface area contributed by atoms with Gasteiger partial charge in [-0.3, -0.25) is 4.79 Å². The molecule has 2 unspecified atom stereocenters. The number of carbonyl (C=O) groups is 1. The first-order chi connectivity index (χ1) is 11.6. The van der Waals surface area contributed by atoms with E-state index in [2.05, 4.69) is 13.8 Å². The number of esters is 1. The maximum absolute atomic E-state index is 11.2. The second-order valence-corrected chi connectivity index (χ2v) is 7.31. The first kappa shape index (κ1) is 23.4. The van der Waals surface area contributed by atoms with E-state index in [1.807, 2.05) is 6.92 Å². The average molecular weight is 343 g/mol. The number of aliphatic hydroxyl groups is 1. The Hall–Kier alpha value is -0.570. The zero-order valence-electron chi connectivity index (χ0n) is 16.5. The van der Waals surface area contributed by atoms with Gasteiger partial charge in [-0.25, -0.2) is 0 Å². The van der Waals surface area contributed by atoms with Crippen molar-refractivity contribution in [2.45, 2.75) is 117 Å². The van der Waals surface area contributed by atoms with Gasteiger partial charge < -0.3 is 9.84 Å². The summed E-state index contributed by atoms with van der Waals surface area (Å²) in [6, 6.07) is 0. The van der Waals surface area contributed by atoms with Crippen molar-refractivity contribution < 1.29 is 14.6 Å². The molecule has 0 saturated carbocycles. The van der Waals surface area contributed by atoms with Gasteiger partial charge in [-0.1, -0.05) is 78.1 Å². The number of hydrogen-bond donors (Lipinski definition) is 1. The molecule has 0 aromatic rings. The third-order valence-electron chi connectivity index (χ3n) is 4.70. The van der Waals surface area contributed by atoms with Crippen LogP contribution in [0.25, 0.3) is 0 Å². The van der Waals surface area contributed by atoms with Crippen LogP contribution in [0.4, 0.5) is 0 Å². The number of carbonyl (C=O) groups excluding carboxylic acids is 1. The molecule has 0 spiro atoms. The molecule has 0 heterocycles. The van der Waals surface area contributed by atoms with E-state index in [1.165, 1.54) is 44.9 Å². The predicted octanol–water partition coefficient (Wildman–Crippen LogP) is 6.03. The van der Waals surface area contributed by atoms with E-state index in [9.17, 15) is 9.90 Å². The molecule has 0 aliphatic rings. The zero-order chi connectivity index (χ0) is 18.0. The van der Waals surface area contributed by atoms with E-state index in [1.54, 1.807) is 0 Å². The molecule has 1 N–H and O–H groups in total. The van der Waals surface area contributed by atoms with Gasteiger partial charge in [0.25, 0.3) is 0 Å². The summed E-state index contributed by atoms with van der Waals surface area (Å²) in [5.74, 6) is 0.552. The summed E-state index contributed by atoms with van der Waals surface area (Å²) in [6.07, 6.45) is 15.7. The summed E-state index contributed by atoms with van der Waals surface area (Å²) in [4.78, 5) is 11.2. The van der Waals surface area contributed by atoms with Crippen LogP contribution in [0.3, 0.4) is 0 Å². The first-order valence-electron chi connectivity index (χ1n) is 10.4. The molecule has 0 aromatic heterocycles. The lowest BCUT2D eigenvalue weighted by molar-refractivity contribution is -0.143. The van der Waals surface area contributed by atoms with Crippen LogP contribution in [0, 0.1) is 5.92 Å². The smallest absolute Gasteiger partial charge is 0.305 e. The quantitative estimate of drug-likeness (QED) is 0.259. The van der Waals surface area contributed by atoms with Gasteiger partial charge in [0.05, 0.1) is 12.7 Å². The van der Waals surface area contributed by atoms with Gasteiger partial charge in [0, 0.05) is 6.42 Å². The molecule has 2 atom stereocenters. The molecule has 0 saturated heterocycles. The minimum atomic E-state index is -0.148. The van der Waals surface area contributed by atoms with E-state index in [-0.39, 0.29) is 12.1 Å². The Labute approximate surface area is 150 Å². The summed E-state index contributed by atoms with van der Waals surface area (Å²) in [5, 5.41) is 10.1. The maximum atomic E-state index is 11.2. The van der Waals surface area contributed by atoms with Crippen molar-refractivity contribution in [3.8, 4) is 0 Å². The molecule has 24 heavy (non-hydrogen) atoms. The molecule has 3 nitrogen and oxygen atoms in total. The summed E-state index contributed by atoms with van der Waals surface area (Å²) in [7, 11) is 0. The summed E-state index contributed by atoms with van der Waals surface area (Å²) in [5.41, 5.74) is 0. The largest absolute Gasteiger partial charge is 0.466 e. The molecule has 0 bridgehead atoms. The van der Waals surface area contributed by atoms with Crippen molar-refractivity contribution in [3.05, 3.63) is 0 Å². The van der Waals surface area contributed by atoms with E-state index in [0.717, 1.165) is 38.5 Å². The van der Waals surface area contributed by atoms with E-state index < -0.39 is 0 Å². The van der Waals surface area contributed by atoms with Crippen LogP contribution >= 0.6 is 0 Å². The number of ether oxygens (including phenoxy) is 1. The van der Waals surface area contributed by atoms with Crippen molar-refractivity contribution in [2.24, 2.45) is 5.92 Å². The summed E-state index contributed by atoms with van der Waals surface area (Å²) >= 11 is 0. The van der Waals surface area contributed by atoms with Crippen LogP contribution in [0.1, 0.15) is 111 Å². The molecule has 0 fully saturated rings. The van der Waals surface area contributed by atoms with Crippen molar-refractivity contribution in [1.82, 2.24) is 0 Å². The monoisotopic (exact) mass is 342 g/mol. The standard InChI is InChI=1S/C21H42O3/c1-4-6-7-8-9-12-15-19(3)18-20(22)16-13-10-11-14-17-21(23)24-5-2/h19-20,22H,4-18H2,1-3H3. The third kappa shape index (κ3) is 16.3. The Morgan fingerprint density at radius 3 is 2.12 bits per heavy atom. The van der Waals surface area contributed by atoms with Gasteiger partial charge in [0.2, 0.25) is 0 Å². The molecule has 144 valence electrons. The summed E-state index contributed by atoms with van der Waals surface area (Å²) < 4.78 is 4.91. The molecule has 0 radical (unpaired) electrons. The van der Waals surface area contributed by atoms with Crippen molar-refractivity contribution in [1.29, 1.82) is 0 Å². The highest BCUT2D eigenvalue weighted by molar-refractivity contribution is 5.69. The first-order valence-corrected chi connectivity index (χ1v) is 10.4. The zero-order valence-corrected chi connectivity index (χ0v) is 16.5. The minimum Gasteiger partial charge on any atom is -0.466 e.